The molecule has 0 aliphatic carbocycles. The average Bonchev–Trinajstić information content (AvgIpc) is 3.41. The number of likely N-dealkylation sites (tertiary alicyclic amines) is 1. The normalized spacial score (nSPS) is 15.9. The van der Waals surface area contributed by atoms with Crippen molar-refractivity contribution in [1.82, 2.24) is 19.4 Å². The Morgan fingerprint density at radius 2 is 1.85 bits per heavy atom. The molecule has 1 aromatic carbocycles. The number of halogens is 2. The summed E-state index contributed by atoms with van der Waals surface area (Å²) in [5.74, 6) is 0.602. The van der Waals surface area contributed by atoms with E-state index in [4.69, 9.17) is 9.47 Å². The molecule has 2 aliphatic heterocycles. The average molecular weight is 507 g/mol. The Bertz CT molecular complexity index is 1160. The molecule has 9 heteroatoms. The van der Waals surface area contributed by atoms with Gasteiger partial charge in [0.15, 0.2) is 0 Å². The molecule has 4 heterocycles. The molecule has 3 aromatic rings. The molecule has 34 heavy (non-hydrogen) atoms. The summed E-state index contributed by atoms with van der Waals surface area (Å²) in [5, 5.41) is 0.958. The largest absolute Gasteiger partial charge is 0.477 e. The highest BCUT2D eigenvalue weighted by molar-refractivity contribution is 6.09. The monoisotopic (exact) mass is 506 g/mol. The van der Waals surface area contributed by atoms with Crippen LogP contribution in [0.15, 0.2) is 30.6 Å². The molecular formula is C25H32Cl2N4O3. The molecule has 0 amide bonds. The van der Waals surface area contributed by atoms with Crippen molar-refractivity contribution in [2.75, 3.05) is 33.5 Å². The highest BCUT2D eigenvalue weighted by Crippen LogP contribution is 2.44. The zero-order chi connectivity index (χ0) is 22.2. The summed E-state index contributed by atoms with van der Waals surface area (Å²) in [6.45, 7) is 6.31. The number of aryl methyl sites for hydroxylation is 1. The van der Waals surface area contributed by atoms with Gasteiger partial charge < -0.3 is 14.0 Å². The Morgan fingerprint density at radius 3 is 2.53 bits per heavy atom. The lowest BCUT2D eigenvalue weighted by molar-refractivity contribution is 0.0525. The van der Waals surface area contributed by atoms with Gasteiger partial charge in [0, 0.05) is 54.7 Å². The van der Waals surface area contributed by atoms with Crippen molar-refractivity contribution in [3.05, 3.63) is 47.4 Å². The number of rotatable bonds is 5. The Labute approximate surface area is 212 Å². The number of hydrogen-bond donors (Lipinski definition) is 0. The number of carbonyl (C=O) groups excluding carboxylic acids is 1. The van der Waals surface area contributed by atoms with Gasteiger partial charge in [0.05, 0.1) is 17.7 Å². The van der Waals surface area contributed by atoms with E-state index in [1.54, 1.807) is 12.4 Å². The fourth-order valence-corrected chi connectivity index (χ4v) is 5.02. The Morgan fingerprint density at radius 1 is 1.15 bits per heavy atom. The molecular weight excluding hydrogens is 475 g/mol. The van der Waals surface area contributed by atoms with Gasteiger partial charge in [0.25, 0.3) is 0 Å². The molecule has 1 saturated heterocycles. The van der Waals surface area contributed by atoms with Crippen LogP contribution in [0.2, 0.25) is 0 Å². The SMILES string of the molecule is CCOC(=O)c1c(CN2CCCC2)n(C)c2cc(-c3ccncc3)c3c(c12)CN(C)CO3.Cl.Cl. The summed E-state index contributed by atoms with van der Waals surface area (Å²) in [6, 6.07) is 6.16. The summed E-state index contributed by atoms with van der Waals surface area (Å²) in [5.41, 5.74) is 5.88. The van der Waals surface area contributed by atoms with E-state index in [9.17, 15) is 4.79 Å². The minimum atomic E-state index is -0.251. The van der Waals surface area contributed by atoms with E-state index in [-0.39, 0.29) is 30.8 Å². The first-order valence-electron chi connectivity index (χ1n) is 11.4. The van der Waals surface area contributed by atoms with Gasteiger partial charge in [-0.25, -0.2) is 4.79 Å². The molecule has 2 aromatic heterocycles. The van der Waals surface area contributed by atoms with Crippen LogP contribution in [0.25, 0.3) is 22.0 Å². The number of ether oxygens (including phenoxy) is 2. The maximum Gasteiger partial charge on any atom is 0.340 e. The van der Waals surface area contributed by atoms with Crippen LogP contribution >= 0.6 is 24.8 Å². The number of hydrogen-bond acceptors (Lipinski definition) is 6. The van der Waals surface area contributed by atoms with Crippen LogP contribution in [0.5, 0.6) is 5.75 Å². The van der Waals surface area contributed by atoms with Crippen molar-refractivity contribution in [2.24, 2.45) is 7.05 Å². The number of benzene rings is 1. The van der Waals surface area contributed by atoms with Crippen molar-refractivity contribution in [1.29, 1.82) is 0 Å². The smallest absolute Gasteiger partial charge is 0.340 e. The van der Waals surface area contributed by atoms with Gasteiger partial charge in [-0.2, -0.15) is 0 Å². The van der Waals surface area contributed by atoms with E-state index >= 15 is 0 Å². The molecule has 0 atom stereocenters. The highest BCUT2D eigenvalue weighted by Gasteiger charge is 2.31. The molecule has 7 nitrogen and oxygen atoms in total. The van der Waals surface area contributed by atoms with E-state index < -0.39 is 0 Å². The second-order valence-electron chi connectivity index (χ2n) is 8.73. The van der Waals surface area contributed by atoms with Gasteiger partial charge >= 0.3 is 5.97 Å². The van der Waals surface area contributed by atoms with Gasteiger partial charge in [0.1, 0.15) is 12.5 Å². The number of carbonyl (C=O) groups is 1. The first-order chi connectivity index (χ1) is 15.6. The third-order valence-electron chi connectivity index (χ3n) is 6.56. The standard InChI is InChI=1S/C25H30N4O3.2ClH/c1-4-31-25(30)23-21(15-29-11-5-6-12-29)28(3)20-13-18(17-7-9-26-10-8-17)24-19(22(20)23)14-27(2)16-32-24;;/h7-10,13H,4-6,11-12,14-16H2,1-3H3;2*1H. The zero-order valence-electron chi connectivity index (χ0n) is 19.9. The Kier molecular flexibility index (Phi) is 8.47. The predicted octanol–water partition coefficient (Wildman–Crippen LogP) is 4.64. The fraction of sp³-hybridized carbons (Fsp3) is 0.440. The van der Waals surface area contributed by atoms with Gasteiger partial charge in [-0.1, -0.05) is 0 Å². The van der Waals surface area contributed by atoms with E-state index in [1.807, 2.05) is 26.1 Å². The zero-order valence-corrected chi connectivity index (χ0v) is 21.5. The molecule has 1 fully saturated rings. The number of esters is 1. The molecule has 0 radical (unpaired) electrons. The minimum Gasteiger partial charge on any atom is -0.477 e. The van der Waals surface area contributed by atoms with Crippen molar-refractivity contribution in [2.45, 2.75) is 32.9 Å². The van der Waals surface area contributed by atoms with Crippen LogP contribution in [-0.2, 0) is 24.9 Å². The first kappa shape index (κ1) is 26.3. The molecule has 0 N–H and O–H groups in total. The first-order valence-corrected chi connectivity index (χ1v) is 11.4. The van der Waals surface area contributed by atoms with Crippen molar-refractivity contribution >= 4 is 41.7 Å². The van der Waals surface area contributed by atoms with E-state index in [1.165, 1.54) is 12.8 Å². The van der Waals surface area contributed by atoms with Crippen LogP contribution in [-0.4, -0.2) is 58.8 Å². The maximum atomic E-state index is 13.3. The highest BCUT2D eigenvalue weighted by atomic mass is 35.5. The van der Waals surface area contributed by atoms with E-state index in [2.05, 4.69) is 32.5 Å². The van der Waals surface area contributed by atoms with Crippen molar-refractivity contribution in [3.63, 3.8) is 0 Å². The van der Waals surface area contributed by atoms with E-state index in [0.717, 1.165) is 58.7 Å². The van der Waals surface area contributed by atoms with Gasteiger partial charge in [-0.3, -0.25) is 14.8 Å². The van der Waals surface area contributed by atoms with Crippen molar-refractivity contribution in [3.8, 4) is 16.9 Å². The molecule has 0 spiro atoms. The van der Waals surface area contributed by atoms with Gasteiger partial charge in [-0.15, -0.1) is 24.8 Å². The maximum absolute atomic E-state index is 13.3. The third kappa shape index (κ3) is 4.62. The second kappa shape index (κ2) is 11.0. The number of aromatic nitrogens is 2. The summed E-state index contributed by atoms with van der Waals surface area (Å²) in [7, 11) is 4.10. The second-order valence-corrected chi connectivity index (χ2v) is 8.73. The topological polar surface area (TPSA) is 59.8 Å². The minimum absolute atomic E-state index is 0. The molecule has 0 bridgehead atoms. The molecule has 0 saturated carbocycles. The molecule has 2 aliphatic rings. The summed E-state index contributed by atoms with van der Waals surface area (Å²) < 4.78 is 14.0. The third-order valence-corrected chi connectivity index (χ3v) is 6.56. The molecule has 5 rings (SSSR count). The van der Waals surface area contributed by atoms with Gasteiger partial charge in [0.2, 0.25) is 0 Å². The van der Waals surface area contributed by atoms with Crippen LogP contribution in [0, 0.1) is 0 Å². The number of pyridine rings is 1. The number of fused-ring (bicyclic) bond motifs is 3. The Hall–Kier alpha value is -2.32. The number of nitrogens with zero attached hydrogens (tertiary/aromatic N) is 4. The van der Waals surface area contributed by atoms with Crippen molar-refractivity contribution < 1.29 is 14.3 Å². The molecule has 0 unspecified atom stereocenters. The lowest BCUT2D eigenvalue weighted by atomic mass is 9.95. The summed E-state index contributed by atoms with van der Waals surface area (Å²) in [4.78, 5) is 22.0. The van der Waals surface area contributed by atoms with Crippen LogP contribution in [0.1, 0.15) is 41.4 Å². The lowest BCUT2D eigenvalue weighted by Crippen LogP contribution is -2.28. The summed E-state index contributed by atoms with van der Waals surface area (Å²) >= 11 is 0. The lowest BCUT2D eigenvalue weighted by Gasteiger charge is -2.28. The Balaban J connectivity index is 0.00000162. The predicted molar refractivity (Wildman–Crippen MR) is 138 cm³/mol. The fourth-order valence-electron chi connectivity index (χ4n) is 5.02. The summed E-state index contributed by atoms with van der Waals surface area (Å²) in [6.07, 6.45) is 6.02. The quantitative estimate of drug-likeness (QED) is 0.469. The molecule has 184 valence electrons. The van der Waals surface area contributed by atoms with Crippen LogP contribution in [0.4, 0.5) is 0 Å². The van der Waals surface area contributed by atoms with Gasteiger partial charge in [-0.05, 0) is 63.7 Å². The van der Waals surface area contributed by atoms with Crippen LogP contribution < -0.4 is 4.74 Å². The van der Waals surface area contributed by atoms with E-state index in [0.29, 0.717) is 25.4 Å². The van der Waals surface area contributed by atoms with Crippen LogP contribution in [0.3, 0.4) is 0 Å².